The highest BCUT2D eigenvalue weighted by Crippen LogP contribution is 2.22. The number of carbonyl (C=O) groups excluding carboxylic acids is 2. The summed E-state index contributed by atoms with van der Waals surface area (Å²) in [4.78, 5) is 30.3. The number of aromatic nitrogens is 1. The van der Waals surface area contributed by atoms with Crippen molar-refractivity contribution in [2.45, 2.75) is 44.2 Å². The summed E-state index contributed by atoms with van der Waals surface area (Å²) in [6.45, 7) is 0.477. The van der Waals surface area contributed by atoms with E-state index in [1.165, 1.54) is 11.3 Å². The smallest absolute Gasteiger partial charge is 0.237 e. The van der Waals surface area contributed by atoms with Crippen LogP contribution in [0.3, 0.4) is 0 Å². The fourth-order valence-corrected chi connectivity index (χ4v) is 4.24. The molecule has 0 spiro atoms. The summed E-state index contributed by atoms with van der Waals surface area (Å²) in [5.74, 6) is -0.372. The molecule has 6 nitrogen and oxygen atoms in total. The van der Waals surface area contributed by atoms with E-state index < -0.39 is 12.1 Å². The van der Waals surface area contributed by atoms with E-state index in [1.807, 2.05) is 66.0 Å². The van der Waals surface area contributed by atoms with E-state index in [4.69, 9.17) is 11.5 Å². The molecule has 5 N–H and O–H groups in total. The number of nitrogens with zero attached hydrogens (tertiary/aromatic N) is 1. The normalized spacial score (nSPS) is 12.8. The third-order valence-corrected chi connectivity index (χ3v) is 6.12. The van der Waals surface area contributed by atoms with Gasteiger partial charge < -0.3 is 16.8 Å². The molecule has 1 heterocycles. The minimum atomic E-state index is -0.671. The van der Waals surface area contributed by atoms with Crippen molar-refractivity contribution >= 4 is 23.0 Å². The zero-order valence-electron chi connectivity index (χ0n) is 18.1. The van der Waals surface area contributed by atoms with Gasteiger partial charge in [0.05, 0.1) is 24.2 Å². The first-order valence-electron chi connectivity index (χ1n) is 10.9. The zero-order valence-corrected chi connectivity index (χ0v) is 18.9. The van der Waals surface area contributed by atoms with Crippen LogP contribution in [0.2, 0.25) is 0 Å². The van der Waals surface area contributed by atoms with Crippen LogP contribution in [0.5, 0.6) is 0 Å². The number of hydrogen-bond donors (Lipinski definition) is 3. The lowest BCUT2D eigenvalue weighted by Crippen LogP contribution is -2.49. The largest absolute Gasteiger partial charge is 0.345 e. The Balaban J connectivity index is 1.67. The fourth-order valence-electron chi connectivity index (χ4n) is 3.42. The minimum Gasteiger partial charge on any atom is -0.345 e. The molecule has 3 aromatic rings. The molecule has 0 saturated heterocycles. The average Bonchev–Trinajstić information content (AvgIpc) is 3.29. The zero-order chi connectivity index (χ0) is 22.8. The van der Waals surface area contributed by atoms with Crippen molar-refractivity contribution in [3.63, 3.8) is 0 Å². The van der Waals surface area contributed by atoms with Crippen LogP contribution in [-0.2, 0) is 22.4 Å². The van der Waals surface area contributed by atoms with E-state index in [1.54, 1.807) is 0 Å². The maximum atomic E-state index is 13.1. The van der Waals surface area contributed by atoms with E-state index in [-0.39, 0.29) is 18.1 Å². The highest BCUT2D eigenvalue weighted by Gasteiger charge is 2.24. The van der Waals surface area contributed by atoms with E-state index in [0.717, 1.165) is 21.8 Å². The third-order valence-electron chi connectivity index (χ3n) is 5.27. The Morgan fingerprint density at radius 1 is 1.00 bits per heavy atom. The summed E-state index contributed by atoms with van der Waals surface area (Å²) in [6, 6.07) is 18.5. The van der Waals surface area contributed by atoms with Crippen molar-refractivity contribution in [2.75, 3.05) is 6.54 Å². The Morgan fingerprint density at radius 2 is 1.69 bits per heavy atom. The van der Waals surface area contributed by atoms with Crippen LogP contribution in [0.4, 0.5) is 0 Å². The summed E-state index contributed by atoms with van der Waals surface area (Å²) >= 11 is 1.46. The molecule has 0 aliphatic heterocycles. The predicted molar refractivity (Wildman–Crippen MR) is 129 cm³/mol. The molecule has 32 heavy (non-hydrogen) atoms. The third kappa shape index (κ3) is 7.09. The Bertz CT molecular complexity index is 991. The molecule has 0 aliphatic rings. The topological polar surface area (TPSA) is 111 Å². The second-order valence-corrected chi connectivity index (χ2v) is 8.70. The SMILES string of the molecule is NCCC[C@H](N)C(=O)N[C@H](CCc1ccccc1)C(=O)Cc1nc(-c2ccccc2)cs1. The molecule has 3 rings (SSSR count). The van der Waals surface area contributed by atoms with E-state index in [9.17, 15) is 9.59 Å². The van der Waals surface area contributed by atoms with Crippen molar-refractivity contribution in [3.8, 4) is 11.3 Å². The van der Waals surface area contributed by atoms with Gasteiger partial charge in [-0.2, -0.15) is 0 Å². The van der Waals surface area contributed by atoms with Gasteiger partial charge in [-0.1, -0.05) is 60.7 Å². The summed E-state index contributed by atoms with van der Waals surface area (Å²) < 4.78 is 0. The second-order valence-electron chi connectivity index (χ2n) is 7.76. The fraction of sp³-hybridized carbons (Fsp3) is 0.320. The number of aryl methyl sites for hydroxylation is 1. The predicted octanol–water partition coefficient (Wildman–Crippen LogP) is 3.11. The molecule has 0 radical (unpaired) electrons. The standard InChI is InChI=1S/C25H30N4O2S/c26-15-7-12-20(27)25(31)29-21(14-13-18-8-3-1-4-9-18)23(30)16-24-28-22(17-32-24)19-10-5-2-6-11-19/h1-6,8-11,17,20-21H,7,12-16,26-27H2,(H,29,31)/t20-,21+/m0/s1. The lowest BCUT2D eigenvalue weighted by atomic mass is 10.00. The molecular formula is C25H30N4O2S. The molecule has 0 saturated carbocycles. The lowest BCUT2D eigenvalue weighted by Gasteiger charge is -2.20. The van der Waals surface area contributed by atoms with Gasteiger partial charge in [-0.15, -0.1) is 11.3 Å². The molecule has 0 unspecified atom stereocenters. The Hall–Kier alpha value is -2.87. The monoisotopic (exact) mass is 450 g/mol. The number of nitrogens with two attached hydrogens (primary N) is 2. The first-order chi connectivity index (χ1) is 15.6. The number of amides is 1. The van der Waals surface area contributed by atoms with Crippen LogP contribution in [0.15, 0.2) is 66.0 Å². The lowest BCUT2D eigenvalue weighted by molar-refractivity contribution is -0.128. The first-order valence-corrected chi connectivity index (χ1v) is 11.8. The van der Waals surface area contributed by atoms with E-state index in [0.29, 0.717) is 32.2 Å². The number of hydrogen-bond acceptors (Lipinski definition) is 6. The van der Waals surface area contributed by atoms with Crippen molar-refractivity contribution < 1.29 is 9.59 Å². The number of Topliss-reactive ketones (excluding diaryl/α,β-unsaturated/α-hetero) is 1. The number of thiazole rings is 1. The number of rotatable bonds is 12. The van der Waals surface area contributed by atoms with Crippen LogP contribution < -0.4 is 16.8 Å². The van der Waals surface area contributed by atoms with Crippen molar-refractivity contribution in [3.05, 3.63) is 76.6 Å². The molecule has 168 valence electrons. The first kappa shape index (κ1) is 23.8. The van der Waals surface area contributed by atoms with E-state index in [2.05, 4.69) is 10.3 Å². The highest BCUT2D eigenvalue weighted by atomic mass is 32.1. The minimum absolute atomic E-state index is 0.0609. The quantitative estimate of drug-likeness (QED) is 0.393. The van der Waals surface area contributed by atoms with Crippen LogP contribution >= 0.6 is 11.3 Å². The summed E-state index contributed by atoms with van der Waals surface area (Å²) in [6.07, 6.45) is 2.53. The van der Waals surface area contributed by atoms with Gasteiger partial charge in [0.1, 0.15) is 5.01 Å². The maximum absolute atomic E-state index is 13.1. The van der Waals surface area contributed by atoms with Gasteiger partial charge in [0.25, 0.3) is 0 Å². The molecule has 2 aromatic carbocycles. The molecule has 7 heteroatoms. The Kier molecular flexibility index (Phi) is 9.10. The van der Waals surface area contributed by atoms with Gasteiger partial charge in [0.2, 0.25) is 5.91 Å². The molecular weight excluding hydrogens is 420 g/mol. The summed E-state index contributed by atoms with van der Waals surface area (Å²) in [5, 5.41) is 5.57. The second kappa shape index (κ2) is 12.2. The number of benzene rings is 2. The molecule has 2 atom stereocenters. The molecule has 0 aliphatic carbocycles. The van der Waals surface area contributed by atoms with Gasteiger partial charge in [-0.3, -0.25) is 9.59 Å². The van der Waals surface area contributed by atoms with Crippen LogP contribution in [0.1, 0.15) is 29.8 Å². The summed E-state index contributed by atoms with van der Waals surface area (Å²) in [7, 11) is 0. The molecule has 0 fully saturated rings. The van der Waals surface area contributed by atoms with Gasteiger partial charge in [0, 0.05) is 10.9 Å². The number of nitrogens with one attached hydrogen (secondary N) is 1. The van der Waals surface area contributed by atoms with Gasteiger partial charge in [0.15, 0.2) is 5.78 Å². The van der Waals surface area contributed by atoms with Crippen molar-refractivity contribution in [1.29, 1.82) is 0 Å². The van der Waals surface area contributed by atoms with Crippen LogP contribution in [0, 0.1) is 0 Å². The Morgan fingerprint density at radius 3 is 2.38 bits per heavy atom. The van der Waals surface area contributed by atoms with Gasteiger partial charge >= 0.3 is 0 Å². The summed E-state index contributed by atoms with van der Waals surface area (Å²) in [5.41, 5.74) is 14.5. The van der Waals surface area contributed by atoms with E-state index >= 15 is 0 Å². The van der Waals surface area contributed by atoms with Gasteiger partial charge in [-0.25, -0.2) is 4.98 Å². The maximum Gasteiger partial charge on any atom is 0.237 e. The molecule has 0 bridgehead atoms. The number of carbonyl (C=O) groups is 2. The Labute approximate surface area is 193 Å². The highest BCUT2D eigenvalue weighted by molar-refractivity contribution is 7.10. The average molecular weight is 451 g/mol. The van der Waals surface area contributed by atoms with Crippen LogP contribution in [-0.4, -0.2) is 35.3 Å². The van der Waals surface area contributed by atoms with Gasteiger partial charge in [-0.05, 0) is 37.8 Å². The number of ketones is 1. The van der Waals surface area contributed by atoms with Crippen molar-refractivity contribution in [2.24, 2.45) is 11.5 Å². The molecule has 1 amide bonds. The molecule has 1 aromatic heterocycles. The van der Waals surface area contributed by atoms with Crippen molar-refractivity contribution in [1.82, 2.24) is 10.3 Å². The van der Waals surface area contributed by atoms with Crippen LogP contribution in [0.25, 0.3) is 11.3 Å².